The van der Waals surface area contributed by atoms with Crippen LogP contribution in [0, 0.1) is 11.6 Å². The van der Waals surface area contributed by atoms with E-state index in [1.165, 1.54) is 6.07 Å². The molecular formula is C9H7ClF2O2S. The molecule has 1 fully saturated rings. The van der Waals surface area contributed by atoms with Crippen molar-refractivity contribution in [1.29, 1.82) is 0 Å². The third-order valence-electron chi connectivity index (χ3n) is 2.46. The maximum absolute atomic E-state index is 13.2. The highest BCUT2D eigenvalue weighted by Crippen LogP contribution is 2.47. The Kier molecular flexibility index (Phi) is 2.47. The Morgan fingerprint density at radius 2 is 2.00 bits per heavy atom. The van der Waals surface area contributed by atoms with Crippen LogP contribution in [0.15, 0.2) is 18.2 Å². The van der Waals surface area contributed by atoms with E-state index >= 15 is 0 Å². The fourth-order valence-electron chi connectivity index (χ4n) is 1.61. The van der Waals surface area contributed by atoms with Crippen molar-refractivity contribution in [2.24, 2.45) is 0 Å². The summed E-state index contributed by atoms with van der Waals surface area (Å²) in [6.07, 6.45) is 0.300. The molecule has 1 aliphatic rings. The van der Waals surface area contributed by atoms with Crippen LogP contribution < -0.4 is 0 Å². The van der Waals surface area contributed by atoms with Gasteiger partial charge in [-0.2, -0.15) is 0 Å². The van der Waals surface area contributed by atoms with Gasteiger partial charge < -0.3 is 0 Å². The van der Waals surface area contributed by atoms with Gasteiger partial charge in [-0.3, -0.25) is 0 Å². The second-order valence-electron chi connectivity index (χ2n) is 3.52. The van der Waals surface area contributed by atoms with Gasteiger partial charge in [0.1, 0.15) is 11.6 Å². The Labute approximate surface area is 90.3 Å². The summed E-state index contributed by atoms with van der Waals surface area (Å²) in [6, 6.07) is 3.11. The molecule has 15 heavy (non-hydrogen) atoms. The molecule has 1 aliphatic carbocycles. The molecular weight excluding hydrogens is 246 g/mol. The lowest BCUT2D eigenvalue weighted by Gasteiger charge is -2.00. The number of benzene rings is 1. The largest absolute Gasteiger partial charge is 0.236 e. The molecule has 6 heteroatoms. The van der Waals surface area contributed by atoms with Crippen molar-refractivity contribution in [3.63, 3.8) is 0 Å². The third kappa shape index (κ3) is 2.13. The average Bonchev–Trinajstić information content (AvgIpc) is 2.82. The van der Waals surface area contributed by atoms with Gasteiger partial charge in [0.05, 0.1) is 5.25 Å². The van der Waals surface area contributed by atoms with Gasteiger partial charge in [-0.15, -0.1) is 0 Å². The molecule has 0 radical (unpaired) electrons. The normalized spacial score (nSPS) is 25.3. The molecule has 0 aliphatic heterocycles. The number of rotatable bonds is 2. The fraction of sp³-hybridized carbons (Fsp3) is 0.333. The minimum Gasteiger partial charge on any atom is -0.212 e. The molecule has 1 aromatic carbocycles. The molecule has 1 aromatic rings. The third-order valence-corrected chi connectivity index (χ3v) is 4.39. The zero-order valence-electron chi connectivity index (χ0n) is 7.45. The van der Waals surface area contributed by atoms with Gasteiger partial charge in [0.2, 0.25) is 9.05 Å². The minimum absolute atomic E-state index is 0.214. The maximum atomic E-state index is 13.2. The summed E-state index contributed by atoms with van der Waals surface area (Å²) in [5, 5.41) is -0.737. The first-order chi connectivity index (χ1) is 6.89. The second kappa shape index (κ2) is 3.42. The Bertz CT molecular complexity index is 501. The highest BCUT2D eigenvalue weighted by Gasteiger charge is 2.48. The van der Waals surface area contributed by atoms with E-state index in [0.29, 0.717) is 6.42 Å². The van der Waals surface area contributed by atoms with E-state index in [4.69, 9.17) is 10.7 Å². The molecule has 2 rings (SSSR count). The van der Waals surface area contributed by atoms with Crippen LogP contribution in [0.4, 0.5) is 8.78 Å². The lowest BCUT2D eigenvalue weighted by Crippen LogP contribution is -2.00. The molecule has 0 amide bonds. The lowest BCUT2D eigenvalue weighted by atomic mass is 10.1. The van der Waals surface area contributed by atoms with Crippen molar-refractivity contribution < 1.29 is 17.2 Å². The van der Waals surface area contributed by atoms with Crippen LogP contribution in [0.2, 0.25) is 0 Å². The van der Waals surface area contributed by atoms with Crippen molar-refractivity contribution in [2.75, 3.05) is 0 Å². The van der Waals surface area contributed by atoms with E-state index in [9.17, 15) is 17.2 Å². The lowest BCUT2D eigenvalue weighted by molar-refractivity contribution is 0.572. The SMILES string of the molecule is O=S(=O)(Cl)C1CC1c1ccc(F)cc1F. The van der Waals surface area contributed by atoms with Crippen molar-refractivity contribution >= 4 is 19.7 Å². The summed E-state index contributed by atoms with van der Waals surface area (Å²) >= 11 is 0. The summed E-state index contributed by atoms with van der Waals surface area (Å²) in [4.78, 5) is 0. The molecule has 2 atom stereocenters. The topological polar surface area (TPSA) is 34.1 Å². The minimum atomic E-state index is -3.64. The predicted molar refractivity (Wildman–Crippen MR) is 52.3 cm³/mol. The van der Waals surface area contributed by atoms with Crippen LogP contribution >= 0.6 is 10.7 Å². The van der Waals surface area contributed by atoms with Gasteiger partial charge in [0.15, 0.2) is 0 Å². The van der Waals surface area contributed by atoms with E-state index in [0.717, 1.165) is 12.1 Å². The number of hydrogen-bond acceptors (Lipinski definition) is 2. The van der Waals surface area contributed by atoms with Gasteiger partial charge in [-0.25, -0.2) is 17.2 Å². The summed E-state index contributed by atoms with van der Waals surface area (Å²) < 4.78 is 47.7. The second-order valence-corrected chi connectivity index (χ2v) is 6.37. The first-order valence-corrected chi connectivity index (χ1v) is 6.65. The average molecular weight is 253 g/mol. The van der Waals surface area contributed by atoms with Crippen molar-refractivity contribution in [3.05, 3.63) is 35.4 Å². The standard InChI is InChI=1S/C9H7ClF2O2S/c10-15(13,14)9-4-7(9)6-2-1-5(11)3-8(6)12/h1-3,7,9H,4H2. The Morgan fingerprint density at radius 1 is 1.33 bits per heavy atom. The summed E-state index contributed by atoms with van der Waals surface area (Å²) in [6.45, 7) is 0. The van der Waals surface area contributed by atoms with Crippen LogP contribution in [0.25, 0.3) is 0 Å². The van der Waals surface area contributed by atoms with Crippen LogP contribution in [-0.4, -0.2) is 13.7 Å². The molecule has 82 valence electrons. The van der Waals surface area contributed by atoms with Gasteiger partial charge in [0, 0.05) is 22.7 Å². The van der Waals surface area contributed by atoms with E-state index in [2.05, 4.69) is 0 Å². The predicted octanol–water partition coefficient (Wildman–Crippen LogP) is 2.39. The summed E-state index contributed by atoms with van der Waals surface area (Å²) in [5.41, 5.74) is 0.214. The van der Waals surface area contributed by atoms with Gasteiger partial charge in [-0.1, -0.05) is 6.07 Å². The molecule has 0 heterocycles. The highest BCUT2D eigenvalue weighted by molar-refractivity contribution is 8.14. The van der Waals surface area contributed by atoms with Crippen molar-refractivity contribution in [2.45, 2.75) is 17.6 Å². The van der Waals surface area contributed by atoms with Gasteiger partial charge >= 0.3 is 0 Å². The van der Waals surface area contributed by atoms with E-state index in [-0.39, 0.29) is 5.56 Å². The Morgan fingerprint density at radius 3 is 2.47 bits per heavy atom. The molecule has 2 nitrogen and oxygen atoms in total. The summed E-state index contributed by atoms with van der Waals surface area (Å²) in [7, 11) is 1.49. The molecule has 2 unspecified atom stereocenters. The van der Waals surface area contributed by atoms with Crippen molar-refractivity contribution in [3.8, 4) is 0 Å². The molecule has 0 aromatic heterocycles. The molecule has 0 bridgehead atoms. The van der Waals surface area contributed by atoms with E-state index < -0.39 is 31.9 Å². The zero-order valence-corrected chi connectivity index (χ0v) is 9.02. The fourth-order valence-corrected chi connectivity index (χ4v) is 3.18. The molecule has 0 N–H and O–H groups in total. The number of halogens is 3. The van der Waals surface area contributed by atoms with Gasteiger partial charge in [-0.05, 0) is 18.1 Å². The maximum Gasteiger partial charge on any atom is 0.236 e. The van der Waals surface area contributed by atoms with E-state index in [1.54, 1.807) is 0 Å². The summed E-state index contributed by atoms with van der Waals surface area (Å²) in [5.74, 6) is -1.84. The Balaban J connectivity index is 2.28. The molecule has 1 saturated carbocycles. The Hall–Kier alpha value is -0.680. The first-order valence-electron chi connectivity index (χ1n) is 4.28. The zero-order chi connectivity index (χ0) is 11.2. The van der Waals surface area contributed by atoms with Crippen LogP contribution in [0.1, 0.15) is 17.9 Å². The highest BCUT2D eigenvalue weighted by atomic mass is 35.7. The smallest absolute Gasteiger partial charge is 0.212 e. The quantitative estimate of drug-likeness (QED) is 0.758. The van der Waals surface area contributed by atoms with Crippen LogP contribution in [0.5, 0.6) is 0 Å². The first kappa shape index (κ1) is 10.8. The van der Waals surface area contributed by atoms with Crippen molar-refractivity contribution in [1.82, 2.24) is 0 Å². The van der Waals surface area contributed by atoms with Gasteiger partial charge in [0.25, 0.3) is 0 Å². The molecule has 0 saturated heterocycles. The van der Waals surface area contributed by atoms with E-state index in [1.807, 2.05) is 0 Å². The monoisotopic (exact) mass is 252 g/mol. The van der Waals surface area contributed by atoms with Crippen LogP contribution in [-0.2, 0) is 9.05 Å². The van der Waals surface area contributed by atoms with Crippen LogP contribution in [0.3, 0.4) is 0 Å². The molecule has 0 spiro atoms. The number of hydrogen-bond donors (Lipinski definition) is 0.